The van der Waals surface area contributed by atoms with Crippen LogP contribution < -0.4 is 5.73 Å². The zero-order chi connectivity index (χ0) is 27.0. The number of benzene rings is 2. The van der Waals surface area contributed by atoms with E-state index < -0.39 is 23.4 Å². The molecule has 0 aliphatic heterocycles. The lowest BCUT2D eigenvalue weighted by atomic mass is 10.1. The number of ether oxygens (including phenoxy) is 2. The molecule has 0 spiro atoms. The summed E-state index contributed by atoms with van der Waals surface area (Å²) in [6, 6.07) is 11.3. The van der Waals surface area contributed by atoms with E-state index in [0.717, 1.165) is 33.2 Å². The largest absolute Gasteiger partial charge is 0.442 e. The number of rotatable bonds is 0. The van der Waals surface area contributed by atoms with E-state index in [9.17, 15) is 9.59 Å². The third-order valence-electron chi connectivity index (χ3n) is 5.04. The van der Waals surface area contributed by atoms with E-state index in [0.29, 0.717) is 11.2 Å². The third-order valence-corrected chi connectivity index (χ3v) is 5.04. The van der Waals surface area contributed by atoms with Crippen molar-refractivity contribution in [3.05, 3.63) is 53.3 Å². The van der Waals surface area contributed by atoms with Crippen LogP contribution in [-0.4, -0.2) is 42.9 Å². The Kier molecular flexibility index (Phi) is 7.15. The Morgan fingerprint density at radius 3 is 1.58 bits per heavy atom. The maximum atomic E-state index is 12.1. The van der Waals surface area contributed by atoms with Crippen LogP contribution in [0.3, 0.4) is 0 Å². The first kappa shape index (κ1) is 26.7. The van der Waals surface area contributed by atoms with Crippen LogP contribution in [0.25, 0.3) is 21.8 Å². The quantitative estimate of drug-likeness (QED) is 0.292. The lowest BCUT2D eigenvalue weighted by Gasteiger charge is -2.19. The van der Waals surface area contributed by atoms with Gasteiger partial charge in [0.15, 0.2) is 0 Å². The number of carbonyl (C=O) groups is 2. The molecule has 4 rings (SSSR count). The minimum Gasteiger partial charge on any atom is -0.442 e. The van der Waals surface area contributed by atoms with Gasteiger partial charge in [0.2, 0.25) is 0 Å². The monoisotopic (exact) mass is 493 g/mol. The fourth-order valence-electron chi connectivity index (χ4n) is 3.56. The topological polar surface area (TPSA) is 114 Å². The summed E-state index contributed by atoms with van der Waals surface area (Å²) < 4.78 is 13.2. The summed E-state index contributed by atoms with van der Waals surface area (Å²) in [5, 5.41) is 10.3. The van der Waals surface area contributed by atoms with E-state index >= 15 is 0 Å². The van der Waals surface area contributed by atoms with Crippen molar-refractivity contribution in [2.24, 2.45) is 0 Å². The minimum absolute atomic E-state index is 0.439. The van der Waals surface area contributed by atoms with E-state index in [1.807, 2.05) is 86.6 Å². The van der Waals surface area contributed by atoms with Gasteiger partial charge in [-0.25, -0.2) is 9.59 Å². The minimum atomic E-state index is -0.552. The zero-order valence-corrected chi connectivity index (χ0v) is 22.5. The summed E-state index contributed by atoms with van der Waals surface area (Å²) in [6.07, 6.45) is -0.933. The fourth-order valence-corrected chi connectivity index (χ4v) is 3.56. The molecule has 0 amide bonds. The molecule has 0 saturated heterocycles. The van der Waals surface area contributed by atoms with Gasteiger partial charge in [-0.1, -0.05) is 12.1 Å². The van der Waals surface area contributed by atoms with Crippen LogP contribution in [0, 0.1) is 20.8 Å². The van der Waals surface area contributed by atoms with Crippen molar-refractivity contribution in [3.63, 3.8) is 0 Å². The average molecular weight is 494 g/mol. The number of aromatic nitrogens is 4. The highest BCUT2D eigenvalue weighted by Gasteiger charge is 2.22. The Hall–Kier alpha value is -3.88. The summed E-state index contributed by atoms with van der Waals surface area (Å²) >= 11 is 0. The summed E-state index contributed by atoms with van der Waals surface area (Å²) in [5.41, 5.74) is 9.41. The number of nitrogens with two attached hydrogens (primary N) is 1. The molecule has 0 unspecified atom stereocenters. The van der Waals surface area contributed by atoms with E-state index in [1.54, 1.807) is 12.1 Å². The first-order valence-electron chi connectivity index (χ1n) is 11.7. The first-order valence-corrected chi connectivity index (χ1v) is 11.7. The van der Waals surface area contributed by atoms with Crippen molar-refractivity contribution < 1.29 is 19.1 Å². The van der Waals surface area contributed by atoms with Crippen LogP contribution in [0.15, 0.2) is 36.4 Å². The second-order valence-corrected chi connectivity index (χ2v) is 10.8. The van der Waals surface area contributed by atoms with Crippen molar-refractivity contribution in [1.29, 1.82) is 0 Å². The number of anilines is 1. The smallest absolute Gasteiger partial charge is 0.435 e. The standard InChI is InChI=1S/C14H18N2O2.C13H17N3O2/c1-9-6-7-11-10(2)15-16(12(11)8-9)13(17)18-14(3,4)5;1-8-10-6-5-9(14)7-11(10)16(15-8)12(17)18-13(2,3)4/h6-8H,1-5H3;5-7H,14H2,1-4H3. The van der Waals surface area contributed by atoms with Crippen LogP contribution in [0.5, 0.6) is 0 Å². The van der Waals surface area contributed by atoms with Crippen LogP contribution in [0.1, 0.15) is 58.5 Å². The number of aryl methyl sites for hydroxylation is 3. The molecule has 4 aromatic rings. The van der Waals surface area contributed by atoms with Crippen molar-refractivity contribution in [1.82, 2.24) is 19.6 Å². The van der Waals surface area contributed by atoms with Gasteiger partial charge >= 0.3 is 12.2 Å². The van der Waals surface area contributed by atoms with E-state index in [1.165, 1.54) is 9.36 Å². The molecule has 2 N–H and O–H groups in total. The second kappa shape index (κ2) is 9.64. The summed E-state index contributed by atoms with van der Waals surface area (Å²) in [6.45, 7) is 16.7. The average Bonchev–Trinajstić information content (AvgIpc) is 3.22. The predicted molar refractivity (Wildman–Crippen MR) is 141 cm³/mol. The SMILES string of the molecule is Cc1ccc2c(C)nn(C(=O)OC(C)(C)C)c2c1.Cc1nn(C(=O)OC(C)(C)C)c2cc(N)ccc12. The zero-order valence-electron chi connectivity index (χ0n) is 22.5. The van der Waals surface area contributed by atoms with Crippen LogP contribution >= 0.6 is 0 Å². The molecule has 2 aromatic heterocycles. The molecular weight excluding hydrogens is 458 g/mol. The van der Waals surface area contributed by atoms with Crippen molar-refractivity contribution in [2.75, 3.05) is 5.73 Å². The number of carbonyl (C=O) groups excluding carboxylic acids is 2. The van der Waals surface area contributed by atoms with Gasteiger partial charge in [-0.2, -0.15) is 19.6 Å². The van der Waals surface area contributed by atoms with Gasteiger partial charge in [0.05, 0.1) is 22.4 Å². The molecule has 0 atom stereocenters. The van der Waals surface area contributed by atoms with Crippen LogP contribution in [0.4, 0.5) is 15.3 Å². The highest BCUT2D eigenvalue weighted by atomic mass is 16.6. The van der Waals surface area contributed by atoms with Crippen LogP contribution in [-0.2, 0) is 9.47 Å². The van der Waals surface area contributed by atoms with Crippen molar-refractivity contribution >= 4 is 39.7 Å². The molecule has 0 radical (unpaired) electrons. The van der Waals surface area contributed by atoms with Crippen LogP contribution in [0.2, 0.25) is 0 Å². The van der Waals surface area contributed by atoms with Crippen molar-refractivity contribution in [2.45, 2.75) is 73.5 Å². The van der Waals surface area contributed by atoms with E-state index in [4.69, 9.17) is 15.2 Å². The molecule has 9 heteroatoms. The van der Waals surface area contributed by atoms with Gasteiger partial charge in [-0.05, 0) is 92.1 Å². The van der Waals surface area contributed by atoms with Gasteiger partial charge in [0.1, 0.15) is 11.2 Å². The number of fused-ring (bicyclic) bond motifs is 2. The highest BCUT2D eigenvalue weighted by Crippen LogP contribution is 2.22. The number of hydrogen-bond donors (Lipinski definition) is 1. The molecule has 0 aliphatic carbocycles. The molecule has 0 saturated carbocycles. The maximum Gasteiger partial charge on any atom is 0.435 e. The van der Waals surface area contributed by atoms with Gasteiger partial charge < -0.3 is 15.2 Å². The molecule has 192 valence electrons. The molecule has 0 bridgehead atoms. The Morgan fingerprint density at radius 2 is 1.14 bits per heavy atom. The fraction of sp³-hybridized carbons (Fsp3) is 0.407. The van der Waals surface area contributed by atoms with Gasteiger partial charge in [0.25, 0.3) is 0 Å². The van der Waals surface area contributed by atoms with E-state index in [-0.39, 0.29) is 0 Å². The first-order chi connectivity index (χ1) is 16.6. The summed E-state index contributed by atoms with van der Waals surface area (Å²) in [4.78, 5) is 24.1. The van der Waals surface area contributed by atoms with E-state index in [2.05, 4.69) is 10.2 Å². The van der Waals surface area contributed by atoms with Gasteiger partial charge in [0, 0.05) is 16.5 Å². The molecule has 36 heavy (non-hydrogen) atoms. The number of nitrogen functional groups attached to an aromatic ring is 1. The Bertz CT molecular complexity index is 1320. The lowest BCUT2D eigenvalue weighted by molar-refractivity contribution is 0.0511. The van der Waals surface area contributed by atoms with Gasteiger partial charge in [-0.15, -0.1) is 0 Å². The number of nitrogens with zero attached hydrogens (tertiary/aromatic N) is 4. The normalized spacial score (nSPS) is 11.8. The molecule has 2 heterocycles. The highest BCUT2D eigenvalue weighted by molar-refractivity contribution is 5.91. The third kappa shape index (κ3) is 6.21. The molecular formula is C27H35N5O4. The summed E-state index contributed by atoms with van der Waals surface area (Å²) in [5.74, 6) is 0. The second-order valence-electron chi connectivity index (χ2n) is 10.8. The lowest BCUT2D eigenvalue weighted by Crippen LogP contribution is -2.27. The molecule has 2 aromatic carbocycles. The maximum absolute atomic E-state index is 12.1. The molecule has 0 aliphatic rings. The predicted octanol–water partition coefficient (Wildman–Crippen LogP) is 6.15. The number of hydrogen-bond acceptors (Lipinski definition) is 7. The Labute approximate surface area is 211 Å². The Morgan fingerprint density at radius 1 is 0.722 bits per heavy atom. The molecule has 9 nitrogen and oxygen atoms in total. The van der Waals surface area contributed by atoms with Crippen molar-refractivity contribution in [3.8, 4) is 0 Å². The van der Waals surface area contributed by atoms with Gasteiger partial charge in [-0.3, -0.25) is 0 Å². The summed E-state index contributed by atoms with van der Waals surface area (Å²) in [7, 11) is 0. The Balaban J connectivity index is 0.000000201. The molecule has 0 fully saturated rings.